The predicted molar refractivity (Wildman–Crippen MR) is 72.7 cm³/mol. The molecule has 11 heteroatoms. The van der Waals surface area contributed by atoms with Crippen LogP contribution in [0, 0.1) is 6.08 Å². The molecule has 3 rings (SSSR count). The molecule has 2 aromatic rings. The van der Waals surface area contributed by atoms with Gasteiger partial charge in [0.25, 0.3) is 0 Å². The van der Waals surface area contributed by atoms with Crippen molar-refractivity contribution in [2.75, 3.05) is 11.9 Å². The first-order valence-corrected chi connectivity index (χ1v) is 7.49. The highest BCUT2D eigenvalue weighted by molar-refractivity contribution is 7.23. The van der Waals surface area contributed by atoms with Crippen molar-refractivity contribution in [1.29, 1.82) is 0 Å². The molecule has 0 aromatic carbocycles. The number of fused-ring (bicyclic) bond motifs is 1. The maximum absolute atomic E-state index is 13.3. The van der Waals surface area contributed by atoms with E-state index in [1.165, 1.54) is 10.9 Å². The van der Waals surface area contributed by atoms with Crippen molar-refractivity contribution in [2.45, 2.75) is 31.0 Å². The van der Waals surface area contributed by atoms with Crippen LogP contribution in [-0.4, -0.2) is 54.2 Å². The van der Waals surface area contributed by atoms with Crippen molar-refractivity contribution in [3.63, 3.8) is 0 Å². The van der Waals surface area contributed by atoms with Crippen LogP contribution >= 0.6 is 8.46 Å². The number of nitrogens with zero attached hydrogens (tertiary/aromatic N) is 4. The molecule has 0 spiro atoms. The molecule has 3 heterocycles. The van der Waals surface area contributed by atoms with E-state index in [2.05, 4.69) is 15.0 Å². The zero-order valence-electron chi connectivity index (χ0n) is 11.2. The lowest BCUT2D eigenvalue weighted by atomic mass is 10.1. The van der Waals surface area contributed by atoms with Crippen LogP contribution in [-0.2, 0) is 9.30 Å². The van der Waals surface area contributed by atoms with E-state index in [-0.39, 0.29) is 31.6 Å². The largest absolute Gasteiger partial charge is 0.388 e. The van der Waals surface area contributed by atoms with Gasteiger partial charge in [-0.1, -0.05) is 0 Å². The zero-order valence-corrected chi connectivity index (χ0v) is 12.1. The topological polar surface area (TPSA) is 136 Å². The third-order valence-corrected chi connectivity index (χ3v) is 3.98. The van der Waals surface area contributed by atoms with Gasteiger partial charge in [0.1, 0.15) is 12.2 Å². The second-order valence-corrected chi connectivity index (χ2v) is 5.60. The van der Waals surface area contributed by atoms with Gasteiger partial charge in [-0.25, -0.2) is 4.98 Å². The average molecular weight is 329 g/mol. The number of nitrogens with two attached hydrogens (primary N) is 1. The highest BCUT2D eigenvalue weighted by atomic mass is 31.1. The number of imidazole rings is 1. The number of nitrogen functional groups attached to an aromatic ring is 1. The lowest BCUT2D eigenvalue weighted by molar-refractivity contribution is -0.0353. The molecular formula is C11H13FN5O4P. The molecule has 9 nitrogen and oxygen atoms in total. The molecule has 0 bridgehead atoms. The van der Waals surface area contributed by atoms with Gasteiger partial charge in [-0.3, -0.25) is 9.13 Å². The Morgan fingerprint density at radius 2 is 2.18 bits per heavy atom. The van der Waals surface area contributed by atoms with Crippen molar-refractivity contribution >= 4 is 25.4 Å². The number of hydrogen-bond donors (Lipinski definition) is 3. The fourth-order valence-corrected chi connectivity index (χ4v) is 2.83. The van der Waals surface area contributed by atoms with Crippen LogP contribution in [0.3, 0.4) is 0 Å². The number of halogens is 1. The number of aromatic nitrogens is 4. The Morgan fingerprint density at radius 3 is 2.91 bits per heavy atom. The Hall–Kier alpha value is -1.74. The fraction of sp³-hybridized carbons (Fsp3) is 0.545. The van der Waals surface area contributed by atoms with E-state index < -0.39 is 30.6 Å². The lowest BCUT2D eigenvalue weighted by Crippen LogP contribution is -2.31. The standard InChI is InChI=1S/C11H13FN5O4P/c12-11-15-8(13)5-9(16-11)17(3-14-5)10-7(19)6(18)4(21-10)1-2-22-20/h3-4,6-7,10,18-19H,1-2H2,(H2,13,15,16). The molecule has 4 unspecified atom stereocenters. The summed E-state index contributed by atoms with van der Waals surface area (Å²) in [7, 11) is -0.0741. The molecule has 4 atom stereocenters. The maximum atomic E-state index is 13.3. The first-order valence-electron chi connectivity index (χ1n) is 6.49. The fourth-order valence-electron chi connectivity index (χ4n) is 2.47. The lowest BCUT2D eigenvalue weighted by Gasteiger charge is -2.16. The molecule has 1 saturated heterocycles. The molecule has 22 heavy (non-hydrogen) atoms. The molecule has 1 fully saturated rings. The van der Waals surface area contributed by atoms with E-state index in [1.807, 2.05) is 0 Å². The number of aliphatic hydroxyl groups excluding tert-OH is 2. The molecule has 118 valence electrons. The summed E-state index contributed by atoms with van der Waals surface area (Å²) >= 11 is 0. The van der Waals surface area contributed by atoms with E-state index >= 15 is 0 Å². The van der Waals surface area contributed by atoms with Gasteiger partial charge in [0.05, 0.1) is 12.4 Å². The Labute approximate surface area is 125 Å². The second-order valence-electron chi connectivity index (χ2n) is 4.89. The zero-order chi connectivity index (χ0) is 15.9. The number of hydrogen-bond acceptors (Lipinski definition) is 8. The summed E-state index contributed by atoms with van der Waals surface area (Å²) in [5.41, 5.74) is 5.80. The molecule has 2 aromatic heterocycles. The summed E-state index contributed by atoms with van der Waals surface area (Å²) < 4.78 is 30.7. The average Bonchev–Trinajstić information content (AvgIpc) is 3.00. The minimum atomic E-state index is -1.26. The smallest absolute Gasteiger partial charge is 0.312 e. The summed E-state index contributed by atoms with van der Waals surface area (Å²) in [6, 6.07) is 0. The first-order chi connectivity index (χ1) is 10.5. The number of aliphatic hydroxyl groups is 2. The Kier molecular flexibility index (Phi) is 4.00. The van der Waals surface area contributed by atoms with E-state index in [4.69, 9.17) is 10.5 Å². The Balaban J connectivity index is 1.96. The highest BCUT2D eigenvalue weighted by Crippen LogP contribution is 2.33. The van der Waals surface area contributed by atoms with Crippen molar-refractivity contribution in [1.82, 2.24) is 19.5 Å². The molecule has 4 N–H and O–H groups in total. The summed E-state index contributed by atoms with van der Waals surface area (Å²) in [5.74, 6) is -0.129. The summed E-state index contributed by atoms with van der Waals surface area (Å²) in [6.07, 6.45) is -3.26. The van der Waals surface area contributed by atoms with E-state index in [0.717, 1.165) is 0 Å². The van der Waals surface area contributed by atoms with Crippen LogP contribution < -0.4 is 5.73 Å². The monoisotopic (exact) mass is 329 g/mol. The minimum absolute atomic E-state index is 0.0591. The highest BCUT2D eigenvalue weighted by Gasteiger charge is 2.44. The van der Waals surface area contributed by atoms with Gasteiger partial charge in [0, 0.05) is 6.16 Å². The maximum Gasteiger partial charge on any atom is 0.312 e. The van der Waals surface area contributed by atoms with Gasteiger partial charge >= 0.3 is 6.08 Å². The van der Waals surface area contributed by atoms with Crippen LogP contribution in [0.1, 0.15) is 12.6 Å². The quantitative estimate of drug-likeness (QED) is 0.520. The molecular weight excluding hydrogens is 316 g/mol. The van der Waals surface area contributed by atoms with E-state index in [9.17, 15) is 19.2 Å². The summed E-state index contributed by atoms with van der Waals surface area (Å²) in [6.45, 7) is 0. The van der Waals surface area contributed by atoms with Crippen molar-refractivity contribution in [3.8, 4) is 0 Å². The van der Waals surface area contributed by atoms with Crippen molar-refractivity contribution < 1.29 is 23.9 Å². The van der Waals surface area contributed by atoms with Crippen LogP contribution in [0.15, 0.2) is 6.33 Å². The first kappa shape index (κ1) is 15.2. The summed E-state index contributed by atoms with van der Waals surface area (Å²) in [5, 5.41) is 20.1. The SMILES string of the molecule is Nc1nc(F)nc2c1ncn2C1OC(CCP=O)C(O)C1O. The molecule has 0 aliphatic carbocycles. The van der Waals surface area contributed by atoms with Gasteiger partial charge in [0.2, 0.25) is 0 Å². The molecule has 0 saturated carbocycles. The summed E-state index contributed by atoms with van der Waals surface area (Å²) in [4.78, 5) is 10.9. The van der Waals surface area contributed by atoms with Gasteiger partial charge in [-0.15, -0.1) is 0 Å². The normalized spacial score (nSPS) is 28.7. The predicted octanol–water partition coefficient (Wildman–Crippen LogP) is -0.151. The molecule has 1 aliphatic heterocycles. The van der Waals surface area contributed by atoms with Gasteiger partial charge < -0.3 is 20.7 Å². The van der Waals surface area contributed by atoms with Crippen LogP contribution in [0.25, 0.3) is 11.2 Å². The van der Waals surface area contributed by atoms with Gasteiger partial charge in [-0.05, 0) is 6.42 Å². The van der Waals surface area contributed by atoms with E-state index in [1.54, 1.807) is 0 Å². The van der Waals surface area contributed by atoms with Gasteiger partial charge in [0.15, 0.2) is 31.7 Å². The molecule has 0 amide bonds. The van der Waals surface area contributed by atoms with Crippen LogP contribution in [0.5, 0.6) is 0 Å². The van der Waals surface area contributed by atoms with Crippen LogP contribution in [0.4, 0.5) is 10.2 Å². The molecule has 0 radical (unpaired) electrons. The van der Waals surface area contributed by atoms with Crippen LogP contribution in [0.2, 0.25) is 0 Å². The third-order valence-electron chi connectivity index (χ3n) is 3.54. The minimum Gasteiger partial charge on any atom is -0.388 e. The number of ether oxygens (including phenoxy) is 1. The second kappa shape index (κ2) is 5.81. The third kappa shape index (κ3) is 2.44. The Morgan fingerprint density at radius 1 is 1.41 bits per heavy atom. The Bertz CT molecular complexity index is 713. The van der Waals surface area contributed by atoms with Gasteiger partial charge in [-0.2, -0.15) is 14.4 Å². The number of rotatable bonds is 4. The molecule has 1 aliphatic rings. The number of anilines is 1. The van der Waals surface area contributed by atoms with Crippen molar-refractivity contribution in [2.24, 2.45) is 0 Å². The van der Waals surface area contributed by atoms with Crippen molar-refractivity contribution in [3.05, 3.63) is 12.4 Å². The van der Waals surface area contributed by atoms with E-state index in [0.29, 0.717) is 6.42 Å².